The number of halogens is 4. The number of benzene rings is 3. The molecule has 2 aliphatic carbocycles. The molecule has 9 rings (SSSR count). The number of alkyl halides is 3. The largest absolute Gasteiger partial charge is 0.481 e. The lowest BCUT2D eigenvalue weighted by atomic mass is 9.91. The number of aliphatic hydroxyl groups is 1. The molecule has 0 saturated carbocycles. The van der Waals surface area contributed by atoms with E-state index in [0.717, 1.165) is 46.2 Å². The molecule has 57 heavy (non-hydrogen) atoms. The van der Waals surface area contributed by atoms with Gasteiger partial charge in [0.1, 0.15) is 22.2 Å². The third-order valence-corrected chi connectivity index (χ3v) is 12.3. The molecule has 4 aliphatic rings. The Kier molecular flexibility index (Phi) is 9.91. The monoisotopic (exact) mass is 801 g/mol. The third kappa shape index (κ3) is 7.02. The lowest BCUT2D eigenvalue weighted by molar-refractivity contribution is -0.137. The summed E-state index contributed by atoms with van der Waals surface area (Å²) in [5, 5.41) is 16.8. The van der Waals surface area contributed by atoms with Crippen LogP contribution in [0.3, 0.4) is 0 Å². The normalized spacial score (nSPS) is 22.0. The number of carbonyl (C=O) groups is 1. The van der Waals surface area contributed by atoms with Crippen molar-refractivity contribution >= 4 is 28.6 Å². The van der Waals surface area contributed by atoms with E-state index in [9.17, 15) is 23.1 Å². The van der Waals surface area contributed by atoms with E-state index in [1.54, 1.807) is 19.2 Å². The van der Waals surface area contributed by atoms with Gasteiger partial charge in [-0.3, -0.25) is 9.69 Å². The maximum absolute atomic E-state index is 14.8. The van der Waals surface area contributed by atoms with Gasteiger partial charge in [-0.05, 0) is 103 Å². The van der Waals surface area contributed by atoms with Crippen molar-refractivity contribution in [2.45, 2.75) is 88.9 Å². The topological polar surface area (TPSA) is 122 Å². The number of fused-ring (bicyclic) bond motifs is 3. The fourth-order valence-electron chi connectivity index (χ4n) is 9.35. The Bertz CT molecular complexity index is 2380. The fourth-order valence-corrected chi connectivity index (χ4v) is 9.57. The number of ether oxygens (including phenoxy) is 2. The minimum Gasteiger partial charge on any atom is -0.481 e. The SMILES string of the molecule is COc1nc(O[C@H]2CCc3c(-c4cccc(-c5nc6cc7c(c(C(F)(F)F)c6o5)CC[C@H]7N5CC[C@@H](O)C5)c4C)cccc32)c(Cl)cc1CNC[C@H]1CCC(=O)N1. The lowest BCUT2D eigenvalue weighted by Crippen LogP contribution is -2.35. The number of aliphatic hydroxyl groups excluding tert-OH is 1. The first kappa shape index (κ1) is 37.9. The van der Waals surface area contributed by atoms with Gasteiger partial charge >= 0.3 is 6.18 Å². The molecule has 3 aromatic carbocycles. The fraction of sp³-hybridized carbons (Fsp3) is 0.419. The molecule has 3 N–H and O–H groups in total. The minimum atomic E-state index is -4.62. The average Bonchev–Trinajstić information content (AvgIpc) is 4.03. The Labute approximate surface area is 332 Å². The summed E-state index contributed by atoms with van der Waals surface area (Å²) in [6, 6.07) is 15.2. The Morgan fingerprint density at radius 3 is 2.53 bits per heavy atom. The minimum absolute atomic E-state index is 0.0677. The maximum Gasteiger partial charge on any atom is 0.420 e. The van der Waals surface area contributed by atoms with E-state index in [-0.39, 0.29) is 58.9 Å². The van der Waals surface area contributed by atoms with E-state index < -0.39 is 17.8 Å². The Morgan fingerprint density at radius 2 is 1.77 bits per heavy atom. The zero-order chi connectivity index (χ0) is 39.6. The molecule has 4 heterocycles. The average molecular weight is 802 g/mol. The van der Waals surface area contributed by atoms with Crippen LogP contribution in [0.15, 0.2) is 52.9 Å². The highest BCUT2D eigenvalue weighted by Gasteiger charge is 2.43. The van der Waals surface area contributed by atoms with Crippen LogP contribution in [0.1, 0.15) is 83.2 Å². The first-order valence-corrected chi connectivity index (χ1v) is 19.9. The number of likely N-dealkylation sites (tertiary alicyclic amines) is 1. The Hall–Kier alpha value is -4.69. The van der Waals surface area contributed by atoms with Gasteiger partial charge in [0, 0.05) is 55.8 Å². The number of rotatable bonds is 10. The van der Waals surface area contributed by atoms with Crippen LogP contribution >= 0.6 is 11.6 Å². The van der Waals surface area contributed by atoms with Crippen molar-refractivity contribution in [1.82, 2.24) is 25.5 Å². The predicted octanol–water partition coefficient (Wildman–Crippen LogP) is 8.03. The number of nitrogens with zero attached hydrogens (tertiary/aromatic N) is 3. The highest BCUT2D eigenvalue weighted by molar-refractivity contribution is 6.31. The molecule has 4 atom stereocenters. The Balaban J connectivity index is 0.990. The van der Waals surface area contributed by atoms with Crippen molar-refractivity contribution in [3.63, 3.8) is 0 Å². The van der Waals surface area contributed by atoms with Crippen molar-refractivity contribution in [3.8, 4) is 34.3 Å². The number of β-amino-alcohol motifs (C(OH)–C–C–N with tert-alkyl or cyclic N) is 1. The van der Waals surface area contributed by atoms with E-state index in [4.69, 9.17) is 30.5 Å². The number of hydrogen-bond acceptors (Lipinski definition) is 9. The summed E-state index contributed by atoms with van der Waals surface area (Å²) < 4.78 is 62.6. The molecule has 2 saturated heterocycles. The number of methoxy groups -OCH3 is 1. The van der Waals surface area contributed by atoms with E-state index in [0.29, 0.717) is 73.9 Å². The van der Waals surface area contributed by atoms with Gasteiger partial charge in [0.15, 0.2) is 5.58 Å². The van der Waals surface area contributed by atoms with E-state index in [1.807, 2.05) is 43.3 Å². The first-order chi connectivity index (χ1) is 27.5. The molecule has 2 fully saturated rings. The highest BCUT2D eigenvalue weighted by atomic mass is 35.5. The summed E-state index contributed by atoms with van der Waals surface area (Å²) in [4.78, 5) is 23.0. The zero-order valence-corrected chi connectivity index (χ0v) is 32.4. The first-order valence-electron chi connectivity index (χ1n) is 19.5. The second-order valence-corrected chi connectivity index (χ2v) is 16.0. The molecule has 0 unspecified atom stereocenters. The maximum atomic E-state index is 14.8. The van der Waals surface area contributed by atoms with Crippen LogP contribution in [-0.4, -0.2) is 64.8 Å². The van der Waals surface area contributed by atoms with Gasteiger partial charge in [-0.25, -0.2) is 4.98 Å². The van der Waals surface area contributed by atoms with Crippen LogP contribution in [0.2, 0.25) is 5.02 Å². The molecule has 0 radical (unpaired) electrons. The van der Waals surface area contributed by atoms with Gasteiger partial charge in [0.2, 0.25) is 23.6 Å². The van der Waals surface area contributed by atoms with Crippen LogP contribution < -0.4 is 20.1 Å². The van der Waals surface area contributed by atoms with Crippen LogP contribution in [0.5, 0.6) is 11.8 Å². The second kappa shape index (κ2) is 14.9. The number of hydrogen-bond donors (Lipinski definition) is 3. The number of amides is 1. The molecule has 2 aromatic heterocycles. The van der Waals surface area contributed by atoms with E-state index in [1.165, 1.54) is 0 Å². The van der Waals surface area contributed by atoms with Gasteiger partial charge in [-0.15, -0.1) is 0 Å². The molecule has 0 spiro atoms. The van der Waals surface area contributed by atoms with Gasteiger partial charge in [0.25, 0.3) is 0 Å². The van der Waals surface area contributed by atoms with E-state index >= 15 is 0 Å². The van der Waals surface area contributed by atoms with Crippen molar-refractivity contribution in [2.75, 3.05) is 26.7 Å². The summed E-state index contributed by atoms with van der Waals surface area (Å²) in [6.45, 7) is 4.11. The standard InChI is InChI=1S/C43H43ClF3N5O5/c1-22-26(5-3-6-27(22)41-50-34-18-32-31(38(39(34)57-41)43(45,46)47)10-12-35(32)52-16-15-25(53)21-52)28-7-4-8-30-29(28)11-13-36(30)56-42-33(44)17-23(40(51-42)55-2)19-48-20-24-9-14-37(54)49-24/h3-8,17-18,24-25,35-36,48,53H,9-16,19-21H2,1-2H3,(H,49,54)/t24-,25-,35-,36+/m1/s1. The summed E-state index contributed by atoms with van der Waals surface area (Å²) in [5.41, 5.74) is 6.34. The zero-order valence-electron chi connectivity index (χ0n) is 31.6. The molecule has 0 bridgehead atoms. The molecule has 1 amide bonds. The number of pyridine rings is 1. The summed E-state index contributed by atoms with van der Waals surface area (Å²) in [7, 11) is 1.55. The number of carbonyl (C=O) groups excluding carboxylic acids is 1. The molecule has 2 aliphatic heterocycles. The molecule has 14 heteroatoms. The van der Waals surface area contributed by atoms with Crippen molar-refractivity contribution in [2.24, 2.45) is 0 Å². The van der Waals surface area contributed by atoms with Crippen LogP contribution in [0.4, 0.5) is 13.2 Å². The van der Waals surface area contributed by atoms with Gasteiger partial charge in [0.05, 0.1) is 13.2 Å². The van der Waals surface area contributed by atoms with Crippen LogP contribution in [0, 0.1) is 6.92 Å². The summed E-state index contributed by atoms with van der Waals surface area (Å²) >= 11 is 6.73. The quantitative estimate of drug-likeness (QED) is 0.129. The number of nitrogens with one attached hydrogen (secondary N) is 2. The molecule has 5 aromatic rings. The molecular weight excluding hydrogens is 759 g/mol. The van der Waals surface area contributed by atoms with Crippen LogP contribution in [0.25, 0.3) is 33.7 Å². The molecular formula is C43H43ClF3N5O5. The third-order valence-electron chi connectivity index (χ3n) is 12.1. The van der Waals surface area contributed by atoms with Gasteiger partial charge in [-0.1, -0.05) is 41.9 Å². The van der Waals surface area contributed by atoms with E-state index in [2.05, 4.69) is 20.5 Å². The summed E-state index contributed by atoms with van der Waals surface area (Å²) in [6.07, 6.45) is -1.20. The van der Waals surface area contributed by atoms with Crippen molar-refractivity contribution < 1.29 is 37.0 Å². The van der Waals surface area contributed by atoms with Gasteiger partial charge < -0.3 is 29.6 Å². The summed E-state index contributed by atoms with van der Waals surface area (Å²) in [5.74, 6) is 0.873. The Morgan fingerprint density at radius 1 is 0.982 bits per heavy atom. The number of oxazole rings is 1. The van der Waals surface area contributed by atoms with Gasteiger partial charge in [-0.2, -0.15) is 18.2 Å². The molecule has 298 valence electrons. The van der Waals surface area contributed by atoms with Crippen molar-refractivity contribution in [1.29, 1.82) is 0 Å². The van der Waals surface area contributed by atoms with Crippen molar-refractivity contribution in [3.05, 3.63) is 92.5 Å². The van der Waals surface area contributed by atoms with Crippen LogP contribution in [-0.2, 0) is 30.4 Å². The predicted molar refractivity (Wildman–Crippen MR) is 208 cm³/mol. The number of aromatic nitrogens is 2. The molecule has 10 nitrogen and oxygen atoms in total. The second-order valence-electron chi connectivity index (χ2n) is 15.6. The highest BCUT2D eigenvalue weighted by Crippen LogP contribution is 2.49. The lowest BCUT2D eigenvalue weighted by Gasteiger charge is -2.24. The smallest absolute Gasteiger partial charge is 0.420 e.